The Morgan fingerprint density at radius 1 is 1.23 bits per heavy atom. The van der Waals surface area contributed by atoms with Gasteiger partial charge in [0, 0.05) is 42.2 Å². The second kappa shape index (κ2) is 5.15. The molecule has 3 heteroatoms. The number of hydrogen-bond acceptors (Lipinski definition) is 2. The Labute approximate surface area is 134 Å². The van der Waals surface area contributed by atoms with Gasteiger partial charge in [-0.15, -0.1) is 0 Å². The molecular weight excluding hydrogens is 272 g/mol. The quantitative estimate of drug-likeness (QED) is 0.824. The van der Waals surface area contributed by atoms with Crippen molar-refractivity contribution in [2.24, 2.45) is 5.92 Å². The van der Waals surface area contributed by atoms with Crippen LogP contribution in [0.25, 0.3) is 0 Å². The Hall–Kier alpha value is -1.77. The van der Waals surface area contributed by atoms with E-state index < -0.39 is 0 Å². The minimum atomic E-state index is -0.0499. The van der Waals surface area contributed by atoms with Gasteiger partial charge in [0.2, 0.25) is 5.91 Å². The first-order valence-corrected chi connectivity index (χ1v) is 7.81. The van der Waals surface area contributed by atoms with Crippen molar-refractivity contribution in [3.63, 3.8) is 0 Å². The number of rotatable bonds is 2. The number of fused-ring (bicyclic) bond motifs is 1. The smallest absolute Gasteiger partial charge is 0.221 e. The Morgan fingerprint density at radius 2 is 1.82 bits per heavy atom. The van der Waals surface area contributed by atoms with E-state index in [0.717, 1.165) is 5.69 Å². The fourth-order valence-electron chi connectivity index (χ4n) is 4.39. The maximum atomic E-state index is 11.3. The lowest BCUT2D eigenvalue weighted by Gasteiger charge is -2.56. The van der Waals surface area contributed by atoms with Crippen molar-refractivity contribution in [1.82, 2.24) is 0 Å². The molecule has 0 saturated carbocycles. The number of amides is 1. The summed E-state index contributed by atoms with van der Waals surface area (Å²) in [7, 11) is 2.14. The Morgan fingerprint density at radius 3 is 2.32 bits per heavy atom. The second-order valence-electron chi connectivity index (χ2n) is 7.63. The molecule has 22 heavy (non-hydrogen) atoms. The lowest BCUT2D eigenvalue weighted by atomic mass is 9.59. The highest BCUT2D eigenvalue weighted by molar-refractivity contribution is 5.89. The van der Waals surface area contributed by atoms with Crippen LogP contribution < -0.4 is 10.2 Å². The maximum Gasteiger partial charge on any atom is 0.221 e. The van der Waals surface area contributed by atoms with Crippen LogP contribution in [0.5, 0.6) is 0 Å². The number of hydrogen-bond donors (Lipinski definition) is 1. The van der Waals surface area contributed by atoms with Gasteiger partial charge in [0.05, 0.1) is 0 Å². The van der Waals surface area contributed by atoms with Crippen LogP contribution in [0.2, 0.25) is 0 Å². The summed E-state index contributed by atoms with van der Waals surface area (Å²) in [6.07, 6.45) is 0. The summed E-state index contributed by atoms with van der Waals surface area (Å²) in [5.74, 6) is 0.281. The average Bonchev–Trinajstić information content (AvgIpc) is 2.34. The van der Waals surface area contributed by atoms with E-state index in [1.807, 2.05) is 6.07 Å². The predicted octanol–water partition coefficient (Wildman–Crippen LogP) is 4.34. The molecule has 1 N–H and O–H groups in total. The molecule has 1 heterocycles. The Bertz CT molecular complexity index is 628. The van der Waals surface area contributed by atoms with Crippen LogP contribution in [-0.2, 0) is 10.2 Å². The second-order valence-corrected chi connectivity index (χ2v) is 7.63. The lowest BCUT2D eigenvalue weighted by molar-refractivity contribution is -0.114. The molecule has 0 spiro atoms. The zero-order chi connectivity index (χ0) is 16.9. The summed E-state index contributed by atoms with van der Waals surface area (Å²) >= 11 is 0. The molecule has 1 aromatic rings. The summed E-state index contributed by atoms with van der Waals surface area (Å²) in [6.45, 7) is 17.0. The van der Waals surface area contributed by atoms with Crippen molar-refractivity contribution in [3.8, 4) is 0 Å². The number of nitrogens with zero attached hydrogens (tertiary/aromatic N) is 1. The zero-order valence-electron chi connectivity index (χ0n) is 14.9. The molecule has 1 atom stereocenters. The van der Waals surface area contributed by atoms with Gasteiger partial charge >= 0.3 is 0 Å². The summed E-state index contributed by atoms with van der Waals surface area (Å²) in [5.41, 5.74) is 4.46. The van der Waals surface area contributed by atoms with Crippen LogP contribution in [0.3, 0.4) is 0 Å². The summed E-state index contributed by atoms with van der Waals surface area (Å²) in [5, 5.41) is 2.89. The van der Waals surface area contributed by atoms with Gasteiger partial charge in [-0.25, -0.2) is 0 Å². The van der Waals surface area contributed by atoms with Crippen LogP contribution in [0.1, 0.15) is 47.1 Å². The van der Waals surface area contributed by atoms with Gasteiger partial charge in [0.1, 0.15) is 0 Å². The SMILES string of the molecule is C=C(C)C1C(C)(C)c2cc(NC(C)=O)ccc2N(C)C1(C)C. The van der Waals surface area contributed by atoms with Gasteiger partial charge in [-0.05, 0) is 44.5 Å². The molecule has 1 unspecified atom stereocenters. The third-order valence-corrected chi connectivity index (χ3v) is 5.16. The van der Waals surface area contributed by atoms with E-state index in [4.69, 9.17) is 0 Å². The third-order valence-electron chi connectivity index (χ3n) is 5.16. The number of benzene rings is 1. The van der Waals surface area contributed by atoms with Crippen molar-refractivity contribution >= 4 is 17.3 Å². The van der Waals surface area contributed by atoms with E-state index in [-0.39, 0.29) is 16.9 Å². The first-order valence-electron chi connectivity index (χ1n) is 7.81. The zero-order valence-corrected chi connectivity index (χ0v) is 14.9. The minimum Gasteiger partial charge on any atom is -0.369 e. The fraction of sp³-hybridized carbons (Fsp3) is 0.526. The van der Waals surface area contributed by atoms with Gasteiger partial charge in [-0.1, -0.05) is 26.0 Å². The molecule has 0 saturated heterocycles. The highest BCUT2D eigenvalue weighted by Gasteiger charge is 2.49. The first-order chi connectivity index (χ1) is 9.99. The fourth-order valence-corrected chi connectivity index (χ4v) is 4.39. The average molecular weight is 300 g/mol. The molecule has 0 radical (unpaired) electrons. The lowest BCUT2D eigenvalue weighted by Crippen LogP contribution is -2.58. The highest BCUT2D eigenvalue weighted by atomic mass is 16.1. The van der Waals surface area contributed by atoms with Crippen molar-refractivity contribution in [1.29, 1.82) is 0 Å². The van der Waals surface area contributed by atoms with Crippen molar-refractivity contribution < 1.29 is 4.79 Å². The van der Waals surface area contributed by atoms with Gasteiger partial charge in [-0.2, -0.15) is 0 Å². The van der Waals surface area contributed by atoms with Gasteiger partial charge in [0.15, 0.2) is 0 Å². The molecule has 1 aliphatic rings. The minimum absolute atomic E-state index is 0.0160. The monoisotopic (exact) mass is 300 g/mol. The standard InChI is InChI=1S/C19H28N2O/c1-12(2)17-18(4,5)15-11-14(20-13(3)22)9-10-16(15)21(8)19(17,6)7/h9-11,17H,1H2,2-8H3,(H,20,22). The molecular formula is C19H28N2O. The third kappa shape index (κ3) is 2.43. The Balaban J connectivity index is 2.66. The van der Waals surface area contributed by atoms with Gasteiger partial charge < -0.3 is 10.2 Å². The van der Waals surface area contributed by atoms with Crippen molar-refractivity contribution in [2.75, 3.05) is 17.3 Å². The molecule has 0 aliphatic carbocycles. The first kappa shape index (κ1) is 16.6. The van der Waals surface area contributed by atoms with E-state index in [1.54, 1.807) is 0 Å². The van der Waals surface area contributed by atoms with Crippen LogP contribution in [0.4, 0.5) is 11.4 Å². The molecule has 0 bridgehead atoms. The van der Waals surface area contributed by atoms with Crippen LogP contribution in [0, 0.1) is 5.92 Å². The summed E-state index contributed by atoms with van der Waals surface area (Å²) in [6, 6.07) is 6.20. The van der Waals surface area contributed by atoms with Crippen LogP contribution in [-0.4, -0.2) is 18.5 Å². The number of carbonyl (C=O) groups is 1. The number of anilines is 2. The van der Waals surface area contributed by atoms with Crippen molar-refractivity contribution in [2.45, 2.75) is 52.5 Å². The van der Waals surface area contributed by atoms with Gasteiger partial charge in [0.25, 0.3) is 0 Å². The van der Waals surface area contributed by atoms with Gasteiger partial charge in [-0.3, -0.25) is 4.79 Å². The van der Waals surface area contributed by atoms with E-state index in [2.05, 4.69) is 70.6 Å². The Kier molecular flexibility index (Phi) is 3.88. The number of carbonyl (C=O) groups excluding carboxylic acids is 1. The van der Waals surface area contributed by atoms with Crippen molar-refractivity contribution in [3.05, 3.63) is 35.9 Å². The molecule has 120 valence electrons. The highest BCUT2D eigenvalue weighted by Crippen LogP contribution is 2.52. The van der Waals surface area contributed by atoms with E-state index in [0.29, 0.717) is 5.92 Å². The molecule has 1 amide bonds. The maximum absolute atomic E-state index is 11.3. The predicted molar refractivity (Wildman–Crippen MR) is 94.6 cm³/mol. The topological polar surface area (TPSA) is 32.3 Å². The van der Waals surface area contributed by atoms with Crippen LogP contribution in [0.15, 0.2) is 30.4 Å². The molecule has 1 aliphatic heterocycles. The van der Waals surface area contributed by atoms with E-state index >= 15 is 0 Å². The molecule has 1 aromatic carbocycles. The molecule has 2 rings (SSSR count). The summed E-state index contributed by atoms with van der Waals surface area (Å²) in [4.78, 5) is 13.7. The normalized spacial score (nSPS) is 22.0. The van der Waals surface area contributed by atoms with Crippen LogP contribution >= 0.6 is 0 Å². The largest absolute Gasteiger partial charge is 0.369 e. The van der Waals surface area contributed by atoms with E-state index in [9.17, 15) is 4.79 Å². The number of nitrogens with one attached hydrogen (secondary N) is 1. The molecule has 0 aromatic heterocycles. The summed E-state index contributed by atoms with van der Waals surface area (Å²) < 4.78 is 0. The molecule has 0 fully saturated rings. The van der Waals surface area contributed by atoms with E-state index in [1.165, 1.54) is 23.7 Å². The molecule has 3 nitrogen and oxygen atoms in total.